The smallest absolute Gasteiger partial charge is 0.0843 e. The highest BCUT2D eigenvalue weighted by Gasteiger charge is 2.11. The summed E-state index contributed by atoms with van der Waals surface area (Å²) in [6.45, 7) is 2.24. The van der Waals surface area contributed by atoms with E-state index in [2.05, 4.69) is 44.8 Å². The molecule has 0 aromatic carbocycles. The molecule has 1 aromatic rings. The summed E-state index contributed by atoms with van der Waals surface area (Å²) in [6.07, 6.45) is 7.66. The summed E-state index contributed by atoms with van der Waals surface area (Å²) in [5.74, 6) is 0. The number of hydrogen-bond donors (Lipinski definition) is 1. The van der Waals surface area contributed by atoms with E-state index in [9.17, 15) is 0 Å². The van der Waals surface area contributed by atoms with Crippen molar-refractivity contribution in [2.75, 3.05) is 0 Å². The van der Waals surface area contributed by atoms with Crippen molar-refractivity contribution >= 4 is 43.2 Å². The molecule has 1 nitrogen and oxygen atoms in total. The van der Waals surface area contributed by atoms with E-state index in [-0.39, 0.29) is 6.04 Å². The molecule has 1 heterocycles. The number of nitrogens with two attached hydrogens (primary N) is 1. The molecule has 0 saturated heterocycles. The molecule has 1 unspecified atom stereocenters. The molecule has 0 saturated carbocycles. The van der Waals surface area contributed by atoms with Crippen LogP contribution in [0.4, 0.5) is 0 Å². The second-order valence-corrected chi connectivity index (χ2v) is 7.34. The van der Waals surface area contributed by atoms with Crippen molar-refractivity contribution in [3.05, 3.63) is 19.2 Å². The van der Waals surface area contributed by atoms with Crippen LogP contribution in [-0.2, 0) is 0 Å². The zero-order chi connectivity index (χ0) is 12.0. The highest BCUT2D eigenvalue weighted by molar-refractivity contribution is 9.13. The van der Waals surface area contributed by atoms with Crippen LogP contribution < -0.4 is 5.73 Å². The van der Waals surface area contributed by atoms with Crippen LogP contribution >= 0.6 is 43.2 Å². The summed E-state index contributed by atoms with van der Waals surface area (Å²) in [6, 6.07) is 2.33. The average molecular weight is 369 g/mol. The summed E-state index contributed by atoms with van der Waals surface area (Å²) in [5.41, 5.74) is 6.16. The predicted octanol–water partition coefficient (Wildman–Crippen LogP) is 5.63. The number of halogens is 2. The van der Waals surface area contributed by atoms with Gasteiger partial charge in [-0.3, -0.25) is 0 Å². The van der Waals surface area contributed by atoms with Gasteiger partial charge in [0.1, 0.15) is 0 Å². The zero-order valence-electron chi connectivity index (χ0n) is 9.64. The normalized spacial score (nSPS) is 13.0. The lowest BCUT2D eigenvalue weighted by molar-refractivity contribution is 0.559. The zero-order valence-corrected chi connectivity index (χ0v) is 13.6. The summed E-state index contributed by atoms with van der Waals surface area (Å²) < 4.78 is 2.26. The van der Waals surface area contributed by atoms with Crippen molar-refractivity contribution in [2.45, 2.75) is 51.5 Å². The van der Waals surface area contributed by atoms with E-state index in [1.165, 1.54) is 37.0 Å². The fraction of sp³-hybridized carbons (Fsp3) is 0.667. The topological polar surface area (TPSA) is 26.0 Å². The Hall–Kier alpha value is 0.620. The summed E-state index contributed by atoms with van der Waals surface area (Å²) in [5, 5.41) is 0. The summed E-state index contributed by atoms with van der Waals surface area (Å²) in [7, 11) is 0. The van der Waals surface area contributed by atoms with Crippen molar-refractivity contribution in [1.29, 1.82) is 0 Å². The van der Waals surface area contributed by atoms with Crippen molar-refractivity contribution < 1.29 is 0 Å². The number of thiophene rings is 1. The van der Waals surface area contributed by atoms with Crippen LogP contribution in [-0.4, -0.2) is 0 Å². The maximum Gasteiger partial charge on any atom is 0.0843 e. The van der Waals surface area contributed by atoms with E-state index in [0.29, 0.717) is 0 Å². The fourth-order valence-electron chi connectivity index (χ4n) is 1.66. The number of rotatable bonds is 7. The molecule has 0 spiro atoms. The number of hydrogen-bond acceptors (Lipinski definition) is 2. The summed E-state index contributed by atoms with van der Waals surface area (Å²) >= 11 is 8.73. The lowest BCUT2D eigenvalue weighted by atomic mass is 10.1. The van der Waals surface area contributed by atoms with E-state index < -0.39 is 0 Å². The SMILES string of the molecule is CCCCCCCC(N)c1cc(Br)c(Br)s1. The Balaban J connectivity index is 2.27. The maximum atomic E-state index is 6.16. The third kappa shape index (κ3) is 4.86. The van der Waals surface area contributed by atoms with Crippen LogP contribution in [0.1, 0.15) is 56.4 Å². The van der Waals surface area contributed by atoms with Gasteiger partial charge in [0.2, 0.25) is 0 Å². The molecule has 1 rings (SSSR count). The van der Waals surface area contributed by atoms with Gasteiger partial charge in [0.15, 0.2) is 0 Å². The molecule has 1 aromatic heterocycles. The van der Waals surface area contributed by atoms with Crippen LogP contribution in [0.5, 0.6) is 0 Å². The van der Waals surface area contributed by atoms with Gasteiger partial charge in [-0.2, -0.15) is 0 Å². The van der Waals surface area contributed by atoms with Gasteiger partial charge in [-0.1, -0.05) is 39.0 Å². The van der Waals surface area contributed by atoms with E-state index in [1.807, 2.05) is 0 Å². The van der Waals surface area contributed by atoms with E-state index in [4.69, 9.17) is 5.73 Å². The molecule has 0 amide bonds. The minimum atomic E-state index is 0.203. The lowest BCUT2D eigenvalue weighted by Gasteiger charge is -2.08. The number of unbranched alkanes of at least 4 members (excludes halogenated alkanes) is 4. The van der Waals surface area contributed by atoms with Crippen molar-refractivity contribution in [1.82, 2.24) is 0 Å². The quantitative estimate of drug-likeness (QED) is 0.619. The molecule has 92 valence electrons. The van der Waals surface area contributed by atoms with Crippen LogP contribution in [0.3, 0.4) is 0 Å². The average Bonchev–Trinajstić information content (AvgIpc) is 2.59. The van der Waals surface area contributed by atoms with Crippen LogP contribution in [0.15, 0.2) is 14.3 Å². The van der Waals surface area contributed by atoms with E-state index in [1.54, 1.807) is 11.3 Å². The highest BCUT2D eigenvalue weighted by Crippen LogP contribution is 2.36. The van der Waals surface area contributed by atoms with Crippen LogP contribution in [0.25, 0.3) is 0 Å². The van der Waals surface area contributed by atoms with Gasteiger partial charge < -0.3 is 5.73 Å². The van der Waals surface area contributed by atoms with Gasteiger partial charge in [-0.15, -0.1) is 11.3 Å². The maximum absolute atomic E-state index is 6.16. The Morgan fingerprint density at radius 2 is 1.94 bits per heavy atom. The van der Waals surface area contributed by atoms with E-state index >= 15 is 0 Å². The van der Waals surface area contributed by atoms with Crippen molar-refractivity contribution in [3.8, 4) is 0 Å². The fourth-order valence-corrected chi connectivity index (χ4v) is 3.78. The van der Waals surface area contributed by atoms with Gasteiger partial charge in [0.25, 0.3) is 0 Å². The Kier molecular flexibility index (Phi) is 7.20. The van der Waals surface area contributed by atoms with E-state index in [0.717, 1.165) is 14.7 Å². The van der Waals surface area contributed by atoms with Crippen LogP contribution in [0, 0.1) is 0 Å². The molecular formula is C12H19Br2NS. The molecule has 0 aliphatic carbocycles. The van der Waals surface area contributed by atoms with Crippen molar-refractivity contribution in [3.63, 3.8) is 0 Å². The molecular weight excluding hydrogens is 350 g/mol. The first-order valence-electron chi connectivity index (χ1n) is 5.85. The van der Waals surface area contributed by atoms with Gasteiger partial charge >= 0.3 is 0 Å². The molecule has 0 bridgehead atoms. The molecule has 1 atom stereocenters. The third-order valence-corrected chi connectivity index (χ3v) is 6.04. The second kappa shape index (κ2) is 7.85. The predicted molar refractivity (Wildman–Crippen MR) is 80.0 cm³/mol. The Bertz CT molecular complexity index is 292. The Morgan fingerprint density at radius 1 is 1.25 bits per heavy atom. The first kappa shape index (κ1) is 14.7. The highest BCUT2D eigenvalue weighted by atomic mass is 79.9. The largest absolute Gasteiger partial charge is 0.323 e. The van der Waals surface area contributed by atoms with Gasteiger partial charge in [-0.05, 0) is 44.3 Å². The van der Waals surface area contributed by atoms with Crippen LogP contribution in [0.2, 0.25) is 0 Å². The van der Waals surface area contributed by atoms with Gasteiger partial charge in [0.05, 0.1) is 3.79 Å². The monoisotopic (exact) mass is 367 g/mol. The third-order valence-electron chi connectivity index (χ3n) is 2.65. The lowest BCUT2D eigenvalue weighted by Crippen LogP contribution is -2.08. The first-order valence-corrected chi connectivity index (χ1v) is 8.25. The second-order valence-electron chi connectivity index (χ2n) is 4.08. The van der Waals surface area contributed by atoms with Gasteiger partial charge in [0, 0.05) is 15.4 Å². The minimum absolute atomic E-state index is 0.203. The molecule has 4 heteroatoms. The summed E-state index contributed by atoms with van der Waals surface area (Å²) in [4.78, 5) is 1.27. The molecule has 0 aliphatic rings. The van der Waals surface area contributed by atoms with Gasteiger partial charge in [-0.25, -0.2) is 0 Å². The standard InChI is InChI=1S/C12H19Br2NS/c1-2-3-4-5-6-7-10(15)11-8-9(13)12(14)16-11/h8,10H,2-7,15H2,1H3. The molecule has 0 radical (unpaired) electrons. The van der Waals surface area contributed by atoms with Crippen molar-refractivity contribution in [2.24, 2.45) is 5.73 Å². The molecule has 0 fully saturated rings. The molecule has 2 N–H and O–H groups in total. The molecule has 0 aliphatic heterocycles. The minimum Gasteiger partial charge on any atom is -0.323 e. The molecule has 16 heavy (non-hydrogen) atoms. The Labute approximate surface area is 119 Å². The Morgan fingerprint density at radius 3 is 2.50 bits per heavy atom. The first-order chi connectivity index (χ1) is 7.65.